The lowest BCUT2D eigenvalue weighted by Crippen LogP contribution is -1.74. The van der Waals surface area contributed by atoms with E-state index in [-0.39, 0.29) is 0 Å². The number of oxazole rings is 1. The molecule has 0 aliphatic rings. The summed E-state index contributed by atoms with van der Waals surface area (Å²) in [4.78, 5) is 11.4. The molecule has 0 atom stereocenters. The van der Waals surface area contributed by atoms with Crippen molar-refractivity contribution in [1.29, 1.82) is 0 Å². The van der Waals surface area contributed by atoms with E-state index in [0.29, 0.717) is 11.2 Å². The molecule has 0 aliphatic heterocycles. The van der Waals surface area contributed by atoms with Gasteiger partial charge in [-0.15, -0.1) is 0 Å². The predicted molar refractivity (Wildman–Crippen MR) is 29.6 cm³/mol. The second-order valence-corrected chi connectivity index (χ2v) is 1.57. The molecule has 4 nitrogen and oxygen atoms in total. The van der Waals surface area contributed by atoms with E-state index in [1.807, 2.05) is 0 Å². The van der Waals surface area contributed by atoms with E-state index in [1.54, 1.807) is 6.20 Å². The minimum absolute atomic E-state index is 0.532. The van der Waals surface area contributed by atoms with Gasteiger partial charge in [0.05, 0.1) is 6.20 Å². The van der Waals surface area contributed by atoms with Crippen LogP contribution in [-0.4, -0.2) is 15.0 Å². The van der Waals surface area contributed by atoms with Gasteiger partial charge in [-0.25, -0.2) is 9.97 Å². The standard InChI is InChI=1S/C5H3N3O/c1-4-5(7-2-6-1)9-3-8-4/h1-3H. The fourth-order valence-electron chi connectivity index (χ4n) is 0.623. The molecule has 0 N–H and O–H groups in total. The van der Waals surface area contributed by atoms with Gasteiger partial charge in [-0.1, -0.05) is 0 Å². The average Bonchev–Trinajstić information content (AvgIpc) is 2.33. The van der Waals surface area contributed by atoms with E-state index < -0.39 is 0 Å². The summed E-state index contributed by atoms with van der Waals surface area (Å²) in [6.45, 7) is 0. The minimum Gasteiger partial charge on any atom is -0.425 e. The van der Waals surface area contributed by atoms with Crippen molar-refractivity contribution in [2.45, 2.75) is 0 Å². The smallest absolute Gasteiger partial charge is 0.249 e. The highest BCUT2D eigenvalue weighted by molar-refractivity contribution is 5.64. The van der Waals surface area contributed by atoms with Crippen LogP contribution in [0, 0.1) is 0 Å². The maximum atomic E-state index is 4.86. The molecular weight excluding hydrogens is 118 g/mol. The van der Waals surface area contributed by atoms with Crippen LogP contribution in [0.1, 0.15) is 0 Å². The van der Waals surface area contributed by atoms with Crippen molar-refractivity contribution in [2.75, 3.05) is 0 Å². The Bertz CT molecular complexity index is 286. The van der Waals surface area contributed by atoms with Crippen molar-refractivity contribution in [1.82, 2.24) is 15.0 Å². The summed E-state index contributed by atoms with van der Waals surface area (Å²) >= 11 is 0. The van der Waals surface area contributed by atoms with Crippen molar-refractivity contribution < 1.29 is 4.42 Å². The first-order valence-electron chi connectivity index (χ1n) is 2.46. The zero-order valence-corrected chi connectivity index (χ0v) is 4.48. The molecule has 0 unspecified atom stereocenters. The van der Waals surface area contributed by atoms with Crippen LogP contribution in [0.3, 0.4) is 0 Å². The zero-order valence-electron chi connectivity index (χ0n) is 4.48. The maximum absolute atomic E-state index is 4.86. The fourth-order valence-corrected chi connectivity index (χ4v) is 0.623. The molecule has 4 heteroatoms. The molecule has 44 valence electrons. The average molecular weight is 121 g/mol. The van der Waals surface area contributed by atoms with Crippen LogP contribution in [-0.2, 0) is 0 Å². The predicted octanol–water partition coefficient (Wildman–Crippen LogP) is 0.618. The van der Waals surface area contributed by atoms with Crippen LogP contribution in [0.4, 0.5) is 0 Å². The number of aromatic nitrogens is 3. The lowest BCUT2D eigenvalue weighted by molar-refractivity contribution is 0.590. The third-order valence-electron chi connectivity index (χ3n) is 1.01. The monoisotopic (exact) mass is 121 g/mol. The zero-order chi connectivity index (χ0) is 6.10. The van der Waals surface area contributed by atoms with Gasteiger partial charge >= 0.3 is 0 Å². The van der Waals surface area contributed by atoms with Crippen LogP contribution in [0.5, 0.6) is 0 Å². The first-order chi connectivity index (χ1) is 4.47. The van der Waals surface area contributed by atoms with E-state index >= 15 is 0 Å². The van der Waals surface area contributed by atoms with Gasteiger partial charge in [-0.2, -0.15) is 4.98 Å². The Balaban J connectivity index is 2.95. The number of hydrogen-bond donors (Lipinski definition) is 0. The maximum Gasteiger partial charge on any atom is 0.249 e. The Morgan fingerprint density at radius 1 is 1.33 bits per heavy atom. The molecule has 2 aromatic rings. The summed E-state index contributed by atoms with van der Waals surface area (Å²) < 4.78 is 4.86. The molecule has 0 bridgehead atoms. The van der Waals surface area contributed by atoms with Gasteiger partial charge in [0.15, 0.2) is 6.39 Å². The Labute approximate surface area is 50.6 Å². The lowest BCUT2D eigenvalue weighted by Gasteiger charge is -1.78. The first kappa shape index (κ1) is 4.43. The van der Waals surface area contributed by atoms with Gasteiger partial charge in [0.25, 0.3) is 0 Å². The number of nitrogens with zero attached hydrogens (tertiary/aromatic N) is 3. The van der Waals surface area contributed by atoms with Crippen molar-refractivity contribution >= 4 is 11.2 Å². The third kappa shape index (κ3) is 0.561. The molecule has 0 aromatic carbocycles. The Hall–Kier alpha value is -1.45. The second-order valence-electron chi connectivity index (χ2n) is 1.57. The van der Waals surface area contributed by atoms with Gasteiger partial charge in [-0.3, -0.25) is 0 Å². The Kier molecular flexibility index (Phi) is 0.745. The Morgan fingerprint density at radius 3 is 3.22 bits per heavy atom. The summed E-state index contributed by atoms with van der Waals surface area (Å²) in [5.74, 6) is 0. The van der Waals surface area contributed by atoms with Crippen LogP contribution in [0.2, 0.25) is 0 Å². The van der Waals surface area contributed by atoms with E-state index in [0.717, 1.165) is 0 Å². The van der Waals surface area contributed by atoms with Gasteiger partial charge in [0.1, 0.15) is 11.8 Å². The molecule has 0 radical (unpaired) electrons. The highest BCUT2D eigenvalue weighted by atomic mass is 16.3. The molecule has 0 spiro atoms. The summed E-state index contributed by atoms with van der Waals surface area (Å²) in [7, 11) is 0. The van der Waals surface area contributed by atoms with Crippen LogP contribution in [0.25, 0.3) is 11.2 Å². The van der Waals surface area contributed by atoms with E-state index in [4.69, 9.17) is 4.42 Å². The summed E-state index contributed by atoms with van der Waals surface area (Å²) in [6, 6.07) is 0. The highest BCUT2D eigenvalue weighted by Gasteiger charge is 1.94. The first-order valence-corrected chi connectivity index (χ1v) is 2.46. The van der Waals surface area contributed by atoms with Crippen molar-refractivity contribution in [3.8, 4) is 0 Å². The van der Waals surface area contributed by atoms with Crippen molar-refractivity contribution in [3.63, 3.8) is 0 Å². The molecule has 0 fully saturated rings. The van der Waals surface area contributed by atoms with Gasteiger partial charge in [0, 0.05) is 0 Å². The molecule has 0 aliphatic carbocycles. The molecule has 2 rings (SSSR count). The molecule has 0 amide bonds. The molecule has 0 saturated carbocycles. The number of rotatable bonds is 0. The third-order valence-corrected chi connectivity index (χ3v) is 1.01. The number of fused-ring (bicyclic) bond motifs is 1. The topological polar surface area (TPSA) is 51.8 Å². The molecular formula is C5H3N3O. The van der Waals surface area contributed by atoms with Crippen LogP contribution < -0.4 is 0 Å². The highest BCUT2D eigenvalue weighted by Crippen LogP contribution is 2.03. The van der Waals surface area contributed by atoms with Crippen molar-refractivity contribution in [3.05, 3.63) is 18.9 Å². The largest absolute Gasteiger partial charge is 0.425 e. The van der Waals surface area contributed by atoms with Gasteiger partial charge in [0.2, 0.25) is 5.71 Å². The normalized spacial score (nSPS) is 10.2. The van der Waals surface area contributed by atoms with Crippen LogP contribution in [0.15, 0.2) is 23.3 Å². The number of hydrogen-bond acceptors (Lipinski definition) is 4. The van der Waals surface area contributed by atoms with E-state index in [1.165, 1.54) is 12.7 Å². The van der Waals surface area contributed by atoms with Crippen molar-refractivity contribution in [2.24, 2.45) is 0 Å². The summed E-state index contributed by atoms with van der Waals surface area (Å²) in [5.41, 5.74) is 1.22. The second kappa shape index (κ2) is 1.51. The fraction of sp³-hybridized carbons (Fsp3) is 0. The van der Waals surface area contributed by atoms with E-state index in [2.05, 4.69) is 15.0 Å². The Morgan fingerprint density at radius 2 is 2.33 bits per heavy atom. The van der Waals surface area contributed by atoms with Crippen LogP contribution >= 0.6 is 0 Å². The van der Waals surface area contributed by atoms with Gasteiger partial charge < -0.3 is 4.42 Å². The minimum atomic E-state index is 0.532. The molecule has 9 heavy (non-hydrogen) atoms. The SMILES string of the molecule is c1ncc2ncoc2n1. The molecule has 2 aromatic heterocycles. The summed E-state index contributed by atoms with van der Waals surface area (Å²) in [6.07, 6.45) is 4.37. The summed E-state index contributed by atoms with van der Waals surface area (Å²) in [5, 5.41) is 0. The molecule has 2 heterocycles. The lowest BCUT2D eigenvalue weighted by atomic mass is 10.6. The van der Waals surface area contributed by atoms with Gasteiger partial charge in [-0.05, 0) is 0 Å². The van der Waals surface area contributed by atoms with E-state index in [9.17, 15) is 0 Å². The quantitative estimate of drug-likeness (QED) is 0.512. The molecule has 0 saturated heterocycles.